The molecule has 0 spiro atoms. The van der Waals surface area contributed by atoms with Gasteiger partial charge in [-0.1, -0.05) is 27.7 Å². The molecule has 52 heavy (non-hydrogen) atoms. The van der Waals surface area contributed by atoms with E-state index in [0.717, 1.165) is 48.7 Å². The fraction of sp³-hybridized carbons (Fsp3) is 0.650. The summed E-state index contributed by atoms with van der Waals surface area (Å²) in [4.78, 5) is 33.1. The molecule has 4 atom stereocenters. The highest BCUT2D eigenvalue weighted by atomic mass is 19.3. The average molecular weight is 727 g/mol. The highest BCUT2D eigenvalue weighted by Crippen LogP contribution is 2.43. The van der Waals surface area contributed by atoms with Crippen molar-refractivity contribution in [2.24, 2.45) is 16.7 Å². The van der Waals surface area contributed by atoms with E-state index in [9.17, 15) is 27.2 Å². The third-order valence-corrected chi connectivity index (χ3v) is 12.6. The molecule has 8 heterocycles. The maximum Gasteiger partial charge on any atom is 0.251 e. The lowest BCUT2D eigenvalue weighted by Gasteiger charge is -2.48. The number of hydrogen-bond donors (Lipinski definition) is 2. The lowest BCUT2D eigenvalue weighted by atomic mass is 9.73. The first-order valence-electron chi connectivity index (χ1n) is 19.0. The van der Waals surface area contributed by atoms with Gasteiger partial charge in [0.25, 0.3) is 11.8 Å². The van der Waals surface area contributed by atoms with Gasteiger partial charge in [0.2, 0.25) is 11.8 Å². The standard InChI is InChI=1S/2C20H27F2N3O/c1-19(2)12-14-13-25(17(19)11-18(26)23-14)16-5-3-15(4-6-16)24-9-7-20(21,22)8-10-24;1-19(2)11-14-13-25(17(19)12-23-18(14)26)16-5-3-15(4-6-16)24-9-7-20(21,22)8-10-24/h2*3-6,14,17H,7-13H2,1-2H3,(H,23,26)/t2*14-,17+/m00/s1. The van der Waals surface area contributed by atoms with E-state index in [0.29, 0.717) is 39.1 Å². The van der Waals surface area contributed by atoms with Gasteiger partial charge in [0, 0.05) is 113 Å². The van der Waals surface area contributed by atoms with E-state index in [2.05, 4.69) is 72.4 Å². The first-order valence-corrected chi connectivity index (χ1v) is 19.0. The summed E-state index contributed by atoms with van der Waals surface area (Å²) in [5.74, 6) is -4.72. The lowest BCUT2D eigenvalue weighted by molar-refractivity contribution is -0.124. The van der Waals surface area contributed by atoms with Gasteiger partial charge in [-0.15, -0.1) is 0 Å². The Labute approximate surface area is 305 Å². The number of benzene rings is 2. The molecule has 8 aliphatic heterocycles. The molecule has 8 aliphatic rings. The third-order valence-electron chi connectivity index (χ3n) is 12.6. The number of piperidine rings is 4. The van der Waals surface area contributed by atoms with Crippen LogP contribution >= 0.6 is 0 Å². The van der Waals surface area contributed by atoms with Crippen LogP contribution in [0.3, 0.4) is 0 Å². The van der Waals surface area contributed by atoms with Gasteiger partial charge in [0.1, 0.15) is 0 Å². The second kappa shape index (κ2) is 13.6. The summed E-state index contributed by atoms with van der Waals surface area (Å²) in [5, 5.41) is 6.21. The summed E-state index contributed by atoms with van der Waals surface area (Å²) in [5.41, 5.74) is 4.35. The minimum absolute atomic E-state index is 0.0211. The summed E-state index contributed by atoms with van der Waals surface area (Å²) in [6, 6.07) is 17.0. The van der Waals surface area contributed by atoms with Gasteiger partial charge in [-0.05, 0) is 72.2 Å². The first kappa shape index (κ1) is 36.6. The van der Waals surface area contributed by atoms with Gasteiger partial charge < -0.3 is 30.2 Å². The number of amides is 2. The lowest BCUT2D eigenvalue weighted by Crippen LogP contribution is -2.54. The van der Waals surface area contributed by atoms with Crippen molar-refractivity contribution in [3.8, 4) is 0 Å². The van der Waals surface area contributed by atoms with Crippen LogP contribution in [0.25, 0.3) is 0 Å². The minimum atomic E-state index is -2.52. The summed E-state index contributed by atoms with van der Waals surface area (Å²) < 4.78 is 53.5. The number of alkyl halides is 4. The predicted octanol–water partition coefficient (Wildman–Crippen LogP) is 6.69. The zero-order chi connectivity index (χ0) is 37.1. The van der Waals surface area contributed by atoms with Crippen LogP contribution in [0.5, 0.6) is 0 Å². The van der Waals surface area contributed by atoms with Crippen molar-refractivity contribution >= 4 is 34.6 Å². The first-order chi connectivity index (χ1) is 24.5. The van der Waals surface area contributed by atoms with E-state index in [-0.39, 0.29) is 72.4 Å². The molecule has 0 radical (unpaired) electrons. The summed E-state index contributed by atoms with van der Waals surface area (Å²) in [6.45, 7) is 12.8. The van der Waals surface area contributed by atoms with E-state index < -0.39 is 11.8 Å². The van der Waals surface area contributed by atoms with Gasteiger partial charge >= 0.3 is 0 Å². The molecule has 8 saturated heterocycles. The van der Waals surface area contributed by atoms with Crippen LogP contribution in [0, 0.1) is 16.7 Å². The van der Waals surface area contributed by atoms with Crippen LogP contribution in [0.2, 0.25) is 0 Å². The summed E-state index contributed by atoms with van der Waals surface area (Å²) >= 11 is 0. The molecule has 0 aliphatic carbocycles. The van der Waals surface area contributed by atoms with Gasteiger partial charge in [-0.2, -0.15) is 0 Å². The number of hydrogen-bond acceptors (Lipinski definition) is 6. The second-order valence-corrected chi connectivity index (χ2v) is 17.4. The molecular weight excluding hydrogens is 672 g/mol. The number of carbonyl (C=O) groups excluding carboxylic acids is 2. The van der Waals surface area contributed by atoms with Crippen molar-refractivity contribution in [3.63, 3.8) is 0 Å². The van der Waals surface area contributed by atoms with Crippen molar-refractivity contribution in [3.05, 3.63) is 48.5 Å². The molecular formula is C40H54F4N6O2. The van der Waals surface area contributed by atoms with Crippen molar-refractivity contribution in [1.29, 1.82) is 0 Å². The zero-order valence-corrected chi connectivity index (χ0v) is 30.9. The molecule has 2 aromatic rings. The largest absolute Gasteiger partial charge is 0.371 e. The molecule has 2 N–H and O–H groups in total. The van der Waals surface area contributed by atoms with Gasteiger partial charge in [0.15, 0.2) is 0 Å². The number of rotatable bonds is 4. The number of anilines is 4. The normalized spacial score (nSPS) is 30.1. The van der Waals surface area contributed by atoms with E-state index in [1.807, 2.05) is 34.1 Å². The van der Waals surface area contributed by atoms with Crippen LogP contribution in [0.1, 0.15) is 72.6 Å². The molecule has 0 saturated carbocycles. The Bertz CT molecular complexity index is 1530. The zero-order valence-electron chi connectivity index (χ0n) is 30.9. The number of nitrogens with zero attached hydrogens (tertiary/aromatic N) is 4. The van der Waals surface area contributed by atoms with Gasteiger partial charge in [0.05, 0.1) is 12.0 Å². The monoisotopic (exact) mass is 726 g/mol. The maximum atomic E-state index is 13.4. The highest BCUT2D eigenvalue weighted by molar-refractivity contribution is 5.81. The second-order valence-electron chi connectivity index (χ2n) is 17.4. The van der Waals surface area contributed by atoms with Crippen LogP contribution in [-0.4, -0.2) is 87.6 Å². The molecule has 10 rings (SSSR count). The SMILES string of the molecule is CC1(C)C[C@H]2CN(c3ccc(N4CCC(F)(F)CC4)cc3)[C@@H]1CC(=O)N2.CC1(C)C[C@H]2CN(c3ccc(N4CCC(F)(F)CC4)cc3)[C@@H]1CNC2=O. The number of fused-ring (bicyclic) bond motifs is 8. The fourth-order valence-corrected chi connectivity index (χ4v) is 9.56. The van der Waals surface area contributed by atoms with Crippen molar-refractivity contribution in [2.45, 2.75) is 103 Å². The summed E-state index contributed by atoms with van der Waals surface area (Å²) in [7, 11) is 0. The van der Waals surface area contributed by atoms with Crippen molar-refractivity contribution < 1.29 is 27.2 Å². The van der Waals surface area contributed by atoms with Gasteiger partial charge in [-0.3, -0.25) is 9.59 Å². The molecule has 284 valence electrons. The molecule has 0 unspecified atom stereocenters. The maximum absolute atomic E-state index is 13.4. The Morgan fingerprint density at radius 1 is 0.615 bits per heavy atom. The number of carbonyl (C=O) groups is 2. The van der Waals surface area contributed by atoms with Gasteiger partial charge in [-0.25, -0.2) is 17.6 Å². The molecule has 0 aromatic heterocycles. The quantitative estimate of drug-likeness (QED) is 0.343. The Hall–Kier alpha value is -3.70. The van der Waals surface area contributed by atoms with E-state index in [1.165, 1.54) is 0 Å². The smallest absolute Gasteiger partial charge is 0.251 e. The summed E-state index contributed by atoms with van der Waals surface area (Å²) in [6.07, 6.45) is 2.13. The van der Waals surface area contributed by atoms with E-state index >= 15 is 0 Å². The van der Waals surface area contributed by atoms with Crippen LogP contribution in [0.15, 0.2) is 48.5 Å². The highest BCUT2D eigenvalue weighted by Gasteiger charge is 2.48. The van der Waals surface area contributed by atoms with Crippen molar-refractivity contribution in [2.75, 3.05) is 65.4 Å². The fourth-order valence-electron chi connectivity index (χ4n) is 9.56. The Kier molecular flexibility index (Phi) is 9.60. The number of nitrogens with one attached hydrogen (secondary N) is 2. The third kappa shape index (κ3) is 7.67. The van der Waals surface area contributed by atoms with Crippen LogP contribution < -0.4 is 30.2 Å². The number of halogens is 4. The molecule has 12 heteroatoms. The average Bonchev–Trinajstić information content (AvgIpc) is 3.45. The van der Waals surface area contributed by atoms with Crippen LogP contribution in [-0.2, 0) is 9.59 Å². The Morgan fingerprint density at radius 3 is 1.56 bits per heavy atom. The Morgan fingerprint density at radius 2 is 1.06 bits per heavy atom. The molecule has 2 aromatic carbocycles. The van der Waals surface area contributed by atoms with Crippen molar-refractivity contribution in [1.82, 2.24) is 10.6 Å². The molecule has 4 bridgehead atoms. The van der Waals surface area contributed by atoms with E-state index in [4.69, 9.17) is 0 Å². The minimum Gasteiger partial charge on any atom is -0.371 e. The van der Waals surface area contributed by atoms with E-state index in [1.54, 1.807) is 0 Å². The molecule has 8 fully saturated rings. The Balaban J connectivity index is 0.000000162. The molecule has 8 nitrogen and oxygen atoms in total. The molecule has 2 amide bonds. The van der Waals surface area contributed by atoms with Crippen LogP contribution in [0.4, 0.5) is 40.3 Å². The topological polar surface area (TPSA) is 71.2 Å². The predicted molar refractivity (Wildman–Crippen MR) is 198 cm³/mol.